The maximum atomic E-state index is 12.8. The second-order valence-corrected chi connectivity index (χ2v) is 6.67. The van der Waals surface area contributed by atoms with E-state index in [0.717, 1.165) is 11.1 Å². The lowest BCUT2D eigenvalue weighted by atomic mass is 9.95. The van der Waals surface area contributed by atoms with Crippen molar-refractivity contribution in [3.8, 4) is 11.5 Å². The van der Waals surface area contributed by atoms with Gasteiger partial charge in [-0.2, -0.15) is 0 Å². The van der Waals surface area contributed by atoms with Crippen LogP contribution in [0.25, 0.3) is 0 Å². The zero-order chi connectivity index (χ0) is 18.8. The average molecular weight is 354 g/mol. The van der Waals surface area contributed by atoms with Crippen LogP contribution in [-0.4, -0.2) is 58.0 Å². The summed E-state index contributed by atoms with van der Waals surface area (Å²) in [6.07, 6.45) is 0.801. The van der Waals surface area contributed by atoms with Crippen molar-refractivity contribution in [3.05, 3.63) is 59.7 Å². The number of benzene rings is 2. The topological polar surface area (TPSA) is 81.1 Å². The molecule has 0 radical (unpaired) electrons. The molecule has 0 unspecified atom stereocenters. The number of piperazine rings is 1. The van der Waals surface area contributed by atoms with Crippen molar-refractivity contribution < 1.29 is 19.8 Å². The summed E-state index contributed by atoms with van der Waals surface area (Å²) < 4.78 is 0. The van der Waals surface area contributed by atoms with Crippen LogP contribution in [0, 0.1) is 0 Å². The lowest BCUT2D eigenvalue weighted by Gasteiger charge is -2.42. The molecule has 2 amide bonds. The van der Waals surface area contributed by atoms with Gasteiger partial charge in [-0.1, -0.05) is 24.3 Å². The van der Waals surface area contributed by atoms with E-state index in [4.69, 9.17) is 0 Å². The standard InChI is InChI=1S/C20H22N2O4/c1-21-17(11-13-3-7-15(23)8-4-13)20(26)22(2)18(19(21)25)12-14-5-9-16(24)10-6-14/h3-10,17-18,23-24H,11-12H2,1-2H3/t17-,18-/m0/s1. The Balaban J connectivity index is 1.77. The first-order valence-electron chi connectivity index (χ1n) is 8.46. The van der Waals surface area contributed by atoms with Gasteiger partial charge in [0.2, 0.25) is 11.8 Å². The van der Waals surface area contributed by atoms with Gasteiger partial charge >= 0.3 is 0 Å². The molecule has 2 aromatic rings. The Kier molecular flexibility index (Phi) is 4.84. The number of nitrogens with zero attached hydrogens (tertiary/aromatic N) is 2. The van der Waals surface area contributed by atoms with Gasteiger partial charge in [-0.15, -0.1) is 0 Å². The average Bonchev–Trinajstić information content (AvgIpc) is 2.64. The van der Waals surface area contributed by atoms with Crippen LogP contribution in [0.4, 0.5) is 0 Å². The van der Waals surface area contributed by atoms with Gasteiger partial charge in [-0.05, 0) is 35.4 Å². The molecular weight excluding hydrogens is 332 g/mol. The third kappa shape index (κ3) is 3.49. The lowest BCUT2D eigenvalue weighted by Crippen LogP contribution is -2.63. The van der Waals surface area contributed by atoms with Gasteiger partial charge < -0.3 is 20.0 Å². The number of phenolic OH excluding ortho intramolecular Hbond substituents is 2. The lowest BCUT2D eigenvalue weighted by molar-refractivity contribution is -0.158. The molecule has 2 aromatic carbocycles. The molecule has 1 aliphatic rings. The Bertz CT molecular complexity index is 732. The third-order valence-electron chi connectivity index (χ3n) is 4.93. The Hall–Kier alpha value is -3.02. The Morgan fingerprint density at radius 2 is 1.00 bits per heavy atom. The van der Waals surface area contributed by atoms with E-state index in [9.17, 15) is 19.8 Å². The van der Waals surface area contributed by atoms with Crippen molar-refractivity contribution in [2.45, 2.75) is 24.9 Å². The quantitative estimate of drug-likeness (QED) is 0.873. The molecule has 3 rings (SSSR count). The summed E-state index contributed by atoms with van der Waals surface area (Å²) in [5.41, 5.74) is 1.76. The normalized spacial score (nSPS) is 20.5. The first-order valence-corrected chi connectivity index (χ1v) is 8.46. The molecule has 6 heteroatoms. The highest BCUT2D eigenvalue weighted by atomic mass is 16.3. The van der Waals surface area contributed by atoms with Gasteiger partial charge in [0, 0.05) is 26.9 Å². The summed E-state index contributed by atoms with van der Waals surface area (Å²) in [6, 6.07) is 12.2. The van der Waals surface area contributed by atoms with Crippen LogP contribution in [0.5, 0.6) is 11.5 Å². The van der Waals surface area contributed by atoms with E-state index in [1.165, 1.54) is 9.80 Å². The molecule has 1 fully saturated rings. The van der Waals surface area contributed by atoms with Crippen LogP contribution >= 0.6 is 0 Å². The van der Waals surface area contributed by atoms with Gasteiger partial charge in [0.15, 0.2) is 0 Å². The summed E-state index contributed by atoms with van der Waals surface area (Å²) in [7, 11) is 3.31. The molecule has 26 heavy (non-hydrogen) atoms. The Morgan fingerprint density at radius 3 is 1.31 bits per heavy atom. The SMILES string of the molecule is CN1C(=O)[C@H](Cc2ccc(O)cc2)N(C)C(=O)[C@@H]1Cc1ccc(O)cc1. The van der Waals surface area contributed by atoms with E-state index in [0.29, 0.717) is 12.8 Å². The number of aromatic hydroxyl groups is 2. The van der Waals surface area contributed by atoms with E-state index >= 15 is 0 Å². The van der Waals surface area contributed by atoms with Crippen LogP contribution in [0.3, 0.4) is 0 Å². The highest BCUT2D eigenvalue weighted by molar-refractivity contribution is 5.97. The first kappa shape index (κ1) is 17.8. The molecule has 2 N–H and O–H groups in total. The molecule has 0 aromatic heterocycles. The van der Waals surface area contributed by atoms with Crippen molar-refractivity contribution in [1.29, 1.82) is 0 Å². The molecule has 6 nitrogen and oxygen atoms in total. The van der Waals surface area contributed by atoms with Crippen LogP contribution in [0.1, 0.15) is 11.1 Å². The first-order chi connectivity index (χ1) is 12.4. The van der Waals surface area contributed by atoms with Crippen LogP contribution in [0.2, 0.25) is 0 Å². The number of rotatable bonds is 4. The van der Waals surface area contributed by atoms with E-state index in [1.807, 2.05) is 0 Å². The maximum Gasteiger partial charge on any atom is 0.246 e. The van der Waals surface area contributed by atoms with E-state index in [1.54, 1.807) is 62.6 Å². The molecule has 1 heterocycles. The summed E-state index contributed by atoms with van der Waals surface area (Å²) in [4.78, 5) is 28.7. The molecule has 0 saturated carbocycles. The molecule has 1 aliphatic heterocycles. The number of phenols is 2. The minimum atomic E-state index is -0.562. The second-order valence-electron chi connectivity index (χ2n) is 6.67. The highest BCUT2D eigenvalue weighted by Crippen LogP contribution is 2.23. The largest absolute Gasteiger partial charge is 0.508 e. The summed E-state index contributed by atoms with van der Waals surface area (Å²) in [5.74, 6) is 0.117. The van der Waals surface area contributed by atoms with Gasteiger partial charge in [-0.3, -0.25) is 9.59 Å². The Labute approximate surface area is 152 Å². The van der Waals surface area contributed by atoms with Crippen molar-refractivity contribution in [2.24, 2.45) is 0 Å². The molecule has 2 atom stereocenters. The molecule has 1 saturated heterocycles. The minimum absolute atomic E-state index is 0.107. The highest BCUT2D eigenvalue weighted by Gasteiger charge is 2.42. The van der Waals surface area contributed by atoms with Crippen molar-refractivity contribution >= 4 is 11.8 Å². The van der Waals surface area contributed by atoms with Crippen LogP contribution in [-0.2, 0) is 22.4 Å². The fraction of sp³-hybridized carbons (Fsp3) is 0.300. The second kappa shape index (κ2) is 7.07. The molecule has 0 bridgehead atoms. The summed E-state index contributed by atoms with van der Waals surface area (Å²) >= 11 is 0. The third-order valence-corrected chi connectivity index (χ3v) is 4.93. The molecule has 0 aliphatic carbocycles. The zero-order valence-corrected chi connectivity index (χ0v) is 14.8. The van der Waals surface area contributed by atoms with Crippen LogP contribution in [0.15, 0.2) is 48.5 Å². The number of carbonyl (C=O) groups is 2. The Morgan fingerprint density at radius 1 is 0.692 bits per heavy atom. The van der Waals surface area contributed by atoms with Crippen molar-refractivity contribution in [1.82, 2.24) is 9.80 Å². The minimum Gasteiger partial charge on any atom is -0.508 e. The molecule has 136 valence electrons. The van der Waals surface area contributed by atoms with Gasteiger partial charge in [-0.25, -0.2) is 0 Å². The van der Waals surface area contributed by atoms with Crippen molar-refractivity contribution in [3.63, 3.8) is 0 Å². The number of hydrogen-bond acceptors (Lipinski definition) is 4. The maximum absolute atomic E-state index is 12.8. The van der Waals surface area contributed by atoms with E-state index < -0.39 is 12.1 Å². The van der Waals surface area contributed by atoms with E-state index in [2.05, 4.69) is 0 Å². The smallest absolute Gasteiger partial charge is 0.246 e. The van der Waals surface area contributed by atoms with Crippen molar-refractivity contribution in [2.75, 3.05) is 14.1 Å². The number of carbonyl (C=O) groups excluding carboxylic acids is 2. The summed E-state index contributed by atoms with van der Waals surface area (Å²) in [6.45, 7) is 0. The van der Waals surface area contributed by atoms with Gasteiger partial charge in [0.05, 0.1) is 0 Å². The number of likely N-dealkylation sites (N-methyl/N-ethyl adjacent to an activating group) is 2. The van der Waals surface area contributed by atoms with Gasteiger partial charge in [0.25, 0.3) is 0 Å². The number of hydrogen-bond donors (Lipinski definition) is 2. The summed E-state index contributed by atoms with van der Waals surface area (Å²) in [5, 5.41) is 18.8. The predicted molar refractivity (Wildman–Crippen MR) is 96.7 cm³/mol. The van der Waals surface area contributed by atoms with Gasteiger partial charge in [0.1, 0.15) is 23.6 Å². The fourth-order valence-electron chi connectivity index (χ4n) is 3.27. The predicted octanol–water partition coefficient (Wildman–Crippen LogP) is 1.55. The van der Waals surface area contributed by atoms with E-state index in [-0.39, 0.29) is 23.3 Å². The monoisotopic (exact) mass is 354 g/mol. The fourth-order valence-corrected chi connectivity index (χ4v) is 3.27. The molecule has 0 spiro atoms. The zero-order valence-electron chi connectivity index (χ0n) is 14.8. The molecular formula is C20H22N2O4. The number of amides is 2. The van der Waals surface area contributed by atoms with Crippen LogP contribution < -0.4 is 0 Å².